The number of rotatable bonds is 7. The van der Waals surface area contributed by atoms with E-state index >= 15 is 0 Å². The maximum Gasteiger partial charge on any atom is 0.193 e. The molecular formula is C19H29F2N3O. The molecule has 0 aliphatic carbocycles. The summed E-state index contributed by atoms with van der Waals surface area (Å²) in [5.74, 6) is 0.489. The Morgan fingerprint density at radius 3 is 2.76 bits per heavy atom. The molecular weight excluding hydrogens is 324 g/mol. The Balaban J connectivity index is 1.85. The van der Waals surface area contributed by atoms with Gasteiger partial charge in [-0.1, -0.05) is 6.07 Å². The molecule has 1 N–H and O–H groups in total. The SMILES string of the molecule is CCNC(=NCCc1ccc(F)cc1F)N(C)CCC1CCOCC1. The van der Waals surface area contributed by atoms with Gasteiger partial charge in [0, 0.05) is 46.0 Å². The van der Waals surface area contributed by atoms with E-state index in [-0.39, 0.29) is 0 Å². The highest BCUT2D eigenvalue weighted by atomic mass is 19.1. The second kappa shape index (κ2) is 10.3. The number of nitrogens with zero attached hydrogens (tertiary/aromatic N) is 2. The molecule has 1 aromatic carbocycles. The first-order chi connectivity index (χ1) is 12.1. The van der Waals surface area contributed by atoms with Crippen LogP contribution in [0.15, 0.2) is 23.2 Å². The first-order valence-corrected chi connectivity index (χ1v) is 9.11. The molecule has 140 valence electrons. The summed E-state index contributed by atoms with van der Waals surface area (Å²) in [6, 6.07) is 3.69. The van der Waals surface area contributed by atoms with Gasteiger partial charge >= 0.3 is 0 Å². The predicted octanol–water partition coefficient (Wildman–Crippen LogP) is 3.22. The number of benzene rings is 1. The summed E-state index contributed by atoms with van der Waals surface area (Å²) in [6.07, 6.45) is 3.84. The lowest BCUT2D eigenvalue weighted by molar-refractivity contribution is 0.0625. The van der Waals surface area contributed by atoms with Gasteiger partial charge in [-0.2, -0.15) is 0 Å². The van der Waals surface area contributed by atoms with E-state index in [1.54, 1.807) is 0 Å². The topological polar surface area (TPSA) is 36.9 Å². The van der Waals surface area contributed by atoms with E-state index in [0.717, 1.165) is 57.6 Å². The van der Waals surface area contributed by atoms with Gasteiger partial charge in [-0.15, -0.1) is 0 Å². The van der Waals surface area contributed by atoms with Gasteiger partial charge in [0.2, 0.25) is 0 Å². The molecule has 1 aliphatic rings. The van der Waals surface area contributed by atoms with Crippen LogP contribution < -0.4 is 5.32 Å². The average Bonchev–Trinajstić information content (AvgIpc) is 2.61. The van der Waals surface area contributed by atoms with E-state index in [1.165, 1.54) is 12.1 Å². The van der Waals surface area contributed by atoms with E-state index in [1.807, 2.05) is 14.0 Å². The Bertz CT molecular complexity index is 560. The fraction of sp³-hybridized carbons (Fsp3) is 0.632. The third-order valence-electron chi connectivity index (χ3n) is 4.57. The number of hydrogen-bond donors (Lipinski definition) is 1. The third kappa shape index (κ3) is 6.61. The summed E-state index contributed by atoms with van der Waals surface area (Å²) in [7, 11) is 2.03. The lowest BCUT2D eigenvalue weighted by Crippen LogP contribution is -2.40. The molecule has 0 unspecified atom stereocenters. The minimum absolute atomic E-state index is 0.453. The van der Waals surface area contributed by atoms with E-state index in [9.17, 15) is 8.78 Å². The molecule has 0 aromatic heterocycles. The van der Waals surface area contributed by atoms with Crippen molar-refractivity contribution in [3.8, 4) is 0 Å². The molecule has 0 saturated carbocycles. The van der Waals surface area contributed by atoms with Crippen LogP contribution in [0.3, 0.4) is 0 Å². The Kier molecular flexibility index (Phi) is 8.12. The van der Waals surface area contributed by atoms with Crippen LogP contribution in [0, 0.1) is 17.6 Å². The lowest BCUT2D eigenvalue weighted by Gasteiger charge is -2.26. The van der Waals surface area contributed by atoms with Gasteiger partial charge in [-0.3, -0.25) is 4.99 Å². The summed E-state index contributed by atoms with van der Waals surface area (Å²) in [6.45, 7) is 5.94. The highest BCUT2D eigenvalue weighted by Crippen LogP contribution is 2.18. The van der Waals surface area contributed by atoms with Crippen LogP contribution in [0.4, 0.5) is 8.78 Å². The molecule has 1 aliphatic heterocycles. The van der Waals surface area contributed by atoms with Crippen molar-refractivity contribution in [3.05, 3.63) is 35.4 Å². The molecule has 0 radical (unpaired) electrons. The van der Waals surface area contributed by atoms with Crippen LogP contribution in [0.25, 0.3) is 0 Å². The maximum atomic E-state index is 13.7. The minimum Gasteiger partial charge on any atom is -0.381 e. The molecule has 1 fully saturated rings. The molecule has 0 amide bonds. The predicted molar refractivity (Wildman–Crippen MR) is 96.8 cm³/mol. The van der Waals surface area contributed by atoms with Crippen molar-refractivity contribution >= 4 is 5.96 Å². The van der Waals surface area contributed by atoms with Crippen LogP contribution in [-0.4, -0.2) is 50.8 Å². The molecule has 1 aromatic rings. The summed E-state index contributed by atoms with van der Waals surface area (Å²) in [5, 5.41) is 3.28. The van der Waals surface area contributed by atoms with Crippen molar-refractivity contribution in [2.75, 3.05) is 39.9 Å². The first-order valence-electron chi connectivity index (χ1n) is 9.11. The monoisotopic (exact) mass is 353 g/mol. The molecule has 4 nitrogen and oxygen atoms in total. The highest BCUT2D eigenvalue weighted by molar-refractivity contribution is 5.79. The van der Waals surface area contributed by atoms with E-state index in [4.69, 9.17) is 4.74 Å². The molecule has 6 heteroatoms. The fourth-order valence-electron chi connectivity index (χ4n) is 2.99. The Morgan fingerprint density at radius 1 is 1.32 bits per heavy atom. The summed E-state index contributed by atoms with van der Waals surface area (Å²) in [4.78, 5) is 6.71. The van der Waals surface area contributed by atoms with Crippen LogP contribution in [0.5, 0.6) is 0 Å². The smallest absolute Gasteiger partial charge is 0.193 e. The van der Waals surface area contributed by atoms with Crippen molar-refractivity contribution < 1.29 is 13.5 Å². The van der Waals surface area contributed by atoms with Crippen molar-refractivity contribution in [1.82, 2.24) is 10.2 Å². The highest BCUT2D eigenvalue weighted by Gasteiger charge is 2.15. The molecule has 25 heavy (non-hydrogen) atoms. The zero-order valence-electron chi connectivity index (χ0n) is 15.2. The van der Waals surface area contributed by atoms with Gasteiger partial charge in [0.05, 0.1) is 0 Å². The molecule has 0 spiro atoms. The molecule has 1 saturated heterocycles. The van der Waals surface area contributed by atoms with Gasteiger partial charge in [-0.25, -0.2) is 8.78 Å². The van der Waals surface area contributed by atoms with Crippen molar-refractivity contribution in [1.29, 1.82) is 0 Å². The third-order valence-corrected chi connectivity index (χ3v) is 4.57. The number of halogens is 2. The van der Waals surface area contributed by atoms with Crippen LogP contribution in [0.1, 0.15) is 31.7 Å². The van der Waals surface area contributed by atoms with Crippen LogP contribution in [-0.2, 0) is 11.2 Å². The summed E-state index contributed by atoms with van der Waals surface area (Å²) in [5.41, 5.74) is 0.492. The zero-order valence-corrected chi connectivity index (χ0v) is 15.2. The number of guanidine groups is 1. The largest absolute Gasteiger partial charge is 0.381 e. The van der Waals surface area contributed by atoms with E-state index in [0.29, 0.717) is 24.4 Å². The van der Waals surface area contributed by atoms with E-state index in [2.05, 4.69) is 15.2 Å². The molecule has 1 heterocycles. The summed E-state index contributed by atoms with van der Waals surface area (Å²) >= 11 is 0. The molecule has 0 atom stereocenters. The van der Waals surface area contributed by atoms with Gasteiger partial charge in [0.1, 0.15) is 11.6 Å². The Morgan fingerprint density at radius 2 is 2.08 bits per heavy atom. The normalized spacial score (nSPS) is 16.1. The van der Waals surface area contributed by atoms with Gasteiger partial charge in [-0.05, 0) is 50.2 Å². The second-order valence-corrected chi connectivity index (χ2v) is 6.49. The van der Waals surface area contributed by atoms with Crippen molar-refractivity contribution in [2.45, 2.75) is 32.6 Å². The van der Waals surface area contributed by atoms with Crippen molar-refractivity contribution in [3.63, 3.8) is 0 Å². The number of nitrogens with one attached hydrogen (secondary N) is 1. The minimum atomic E-state index is -0.550. The molecule has 2 rings (SSSR count). The van der Waals surface area contributed by atoms with Crippen LogP contribution >= 0.6 is 0 Å². The summed E-state index contributed by atoms with van der Waals surface area (Å²) < 4.78 is 32.0. The second-order valence-electron chi connectivity index (χ2n) is 6.49. The van der Waals surface area contributed by atoms with E-state index < -0.39 is 11.6 Å². The average molecular weight is 353 g/mol. The lowest BCUT2D eigenvalue weighted by atomic mass is 9.96. The number of ether oxygens (including phenoxy) is 1. The van der Waals surface area contributed by atoms with Gasteiger partial charge < -0.3 is 15.0 Å². The first kappa shape index (κ1) is 19.6. The fourth-order valence-corrected chi connectivity index (χ4v) is 2.99. The van der Waals surface area contributed by atoms with Crippen LogP contribution in [0.2, 0.25) is 0 Å². The Labute approximate surface area is 149 Å². The number of hydrogen-bond acceptors (Lipinski definition) is 2. The van der Waals surface area contributed by atoms with Gasteiger partial charge in [0.15, 0.2) is 5.96 Å². The van der Waals surface area contributed by atoms with Gasteiger partial charge in [0.25, 0.3) is 0 Å². The zero-order chi connectivity index (χ0) is 18.1. The number of aliphatic imine (C=N–C) groups is 1. The Hall–Kier alpha value is -1.69. The standard InChI is InChI=1S/C19H29F2N3O/c1-3-22-19(24(2)11-7-15-8-12-25-13-9-15)23-10-6-16-4-5-17(20)14-18(16)21/h4-5,14-15H,3,6-13H2,1-2H3,(H,22,23). The molecule has 0 bridgehead atoms. The van der Waals surface area contributed by atoms with Crippen molar-refractivity contribution in [2.24, 2.45) is 10.9 Å². The quantitative estimate of drug-likeness (QED) is 0.604. The maximum absolute atomic E-state index is 13.7.